The molecule has 1 aromatic carbocycles. The lowest BCUT2D eigenvalue weighted by molar-refractivity contribution is 0.0248. The Bertz CT molecular complexity index is 613. The van der Waals surface area contributed by atoms with E-state index in [4.69, 9.17) is 16.3 Å². The van der Waals surface area contributed by atoms with E-state index in [0.29, 0.717) is 15.1 Å². The average molecular weight is 473 g/mol. The van der Waals surface area contributed by atoms with Crippen LogP contribution in [-0.4, -0.2) is 22.5 Å². The van der Waals surface area contributed by atoms with Crippen molar-refractivity contribution in [2.75, 3.05) is 0 Å². The molecule has 0 N–H and O–H groups in total. The van der Waals surface area contributed by atoms with Crippen LogP contribution in [0.5, 0.6) is 0 Å². The highest BCUT2D eigenvalue weighted by atomic mass is 127. The van der Waals surface area contributed by atoms with Gasteiger partial charge in [0.1, 0.15) is 5.60 Å². The first-order valence-electron chi connectivity index (χ1n) is 5.83. The fourth-order valence-electron chi connectivity index (χ4n) is 1.85. The lowest BCUT2D eigenvalue weighted by Gasteiger charge is -2.23. The summed E-state index contributed by atoms with van der Waals surface area (Å²) in [4.78, 5) is 25.5. The van der Waals surface area contributed by atoms with Crippen LogP contribution in [0.25, 0.3) is 0 Å². The summed E-state index contributed by atoms with van der Waals surface area (Å²) in [5.41, 5.74) is 0.583. The molecule has 0 radical (unpaired) electrons. The largest absolute Gasteiger partial charge is 0.443 e. The second-order valence-corrected chi connectivity index (χ2v) is 7.72. The Morgan fingerprint density at radius 3 is 2.65 bits per heavy atom. The molecule has 1 heterocycles. The number of ether oxygens (including phenoxy) is 1. The number of imide groups is 1. The number of fused-ring (bicyclic) bond motifs is 1. The number of hydrogen-bond acceptors (Lipinski definition) is 3. The molecule has 0 saturated carbocycles. The summed E-state index contributed by atoms with van der Waals surface area (Å²) in [5, 5.41) is 0.551. The molecule has 0 spiro atoms. The quantitative estimate of drug-likeness (QED) is 0.410. The monoisotopic (exact) mass is 471 g/mol. The summed E-state index contributed by atoms with van der Waals surface area (Å²) in [6.45, 7) is 5.46. The van der Waals surface area contributed by atoms with E-state index in [9.17, 15) is 9.59 Å². The van der Waals surface area contributed by atoms with Gasteiger partial charge in [0.2, 0.25) is 0 Å². The minimum absolute atomic E-state index is 0.181. The molecular formula is C13H12BrClINO3. The molecule has 0 unspecified atom stereocenters. The molecule has 1 aliphatic heterocycles. The molecular weight excluding hydrogens is 460 g/mol. The molecule has 0 aliphatic carbocycles. The SMILES string of the molecule is CC(C)(C)OC(=O)N1Cc2c(I)c(Cl)cc(Br)c2C1=O. The topological polar surface area (TPSA) is 46.6 Å². The Balaban J connectivity index is 2.37. The normalized spacial score (nSPS) is 14.5. The van der Waals surface area contributed by atoms with Crippen molar-refractivity contribution in [2.24, 2.45) is 0 Å². The molecule has 0 atom stereocenters. The minimum atomic E-state index is -0.645. The predicted octanol–water partition coefficient (Wildman–Crippen LogP) is 4.60. The van der Waals surface area contributed by atoms with Crippen molar-refractivity contribution < 1.29 is 14.3 Å². The molecule has 1 aromatic rings. The van der Waals surface area contributed by atoms with E-state index >= 15 is 0 Å². The standard InChI is InChI=1S/C13H12BrClINO3/c1-13(2,3)20-12(19)17-5-6-9(11(17)18)7(14)4-8(15)10(6)16/h4H,5H2,1-3H3. The van der Waals surface area contributed by atoms with Gasteiger partial charge in [-0.25, -0.2) is 9.69 Å². The zero-order chi connectivity index (χ0) is 15.2. The number of carbonyl (C=O) groups is 2. The van der Waals surface area contributed by atoms with E-state index in [1.165, 1.54) is 0 Å². The van der Waals surface area contributed by atoms with Gasteiger partial charge >= 0.3 is 6.09 Å². The molecule has 20 heavy (non-hydrogen) atoms. The van der Waals surface area contributed by atoms with Crippen molar-refractivity contribution in [3.05, 3.63) is 30.3 Å². The van der Waals surface area contributed by atoms with Crippen LogP contribution in [0.2, 0.25) is 5.02 Å². The first kappa shape index (κ1) is 16.0. The van der Waals surface area contributed by atoms with Crippen molar-refractivity contribution in [3.63, 3.8) is 0 Å². The maximum atomic E-state index is 12.4. The number of rotatable bonds is 0. The highest BCUT2D eigenvalue weighted by Gasteiger charge is 2.38. The van der Waals surface area contributed by atoms with Crippen molar-refractivity contribution in [3.8, 4) is 0 Å². The molecule has 2 amide bonds. The Morgan fingerprint density at radius 1 is 1.50 bits per heavy atom. The Hall–Kier alpha value is -0.340. The number of halogens is 3. The third kappa shape index (κ3) is 2.96. The molecule has 108 valence electrons. The molecule has 7 heteroatoms. The second-order valence-electron chi connectivity index (χ2n) is 5.38. The maximum absolute atomic E-state index is 12.4. The predicted molar refractivity (Wildman–Crippen MR) is 88.0 cm³/mol. The van der Waals surface area contributed by atoms with Crippen LogP contribution in [0, 0.1) is 3.57 Å². The zero-order valence-electron chi connectivity index (χ0n) is 11.1. The fraction of sp³-hybridized carbons (Fsp3) is 0.385. The number of carbonyl (C=O) groups excluding carboxylic acids is 2. The van der Waals surface area contributed by atoms with Crippen LogP contribution in [-0.2, 0) is 11.3 Å². The first-order valence-corrected chi connectivity index (χ1v) is 8.08. The summed E-state index contributed by atoms with van der Waals surface area (Å²) >= 11 is 11.5. The van der Waals surface area contributed by atoms with Crippen molar-refractivity contribution in [1.82, 2.24) is 4.90 Å². The number of nitrogens with zero attached hydrogens (tertiary/aromatic N) is 1. The number of amides is 2. The van der Waals surface area contributed by atoms with Crippen molar-refractivity contribution >= 4 is 62.1 Å². The van der Waals surface area contributed by atoms with Gasteiger partial charge < -0.3 is 4.74 Å². The van der Waals surface area contributed by atoms with Gasteiger partial charge in [-0.15, -0.1) is 0 Å². The highest BCUT2D eigenvalue weighted by molar-refractivity contribution is 14.1. The minimum Gasteiger partial charge on any atom is -0.443 e. The maximum Gasteiger partial charge on any atom is 0.417 e. The lowest BCUT2D eigenvalue weighted by atomic mass is 10.1. The molecule has 1 aliphatic rings. The fourth-order valence-corrected chi connectivity index (χ4v) is 3.44. The van der Waals surface area contributed by atoms with Crippen LogP contribution >= 0.6 is 50.1 Å². The number of hydrogen-bond donors (Lipinski definition) is 0. The molecule has 4 nitrogen and oxygen atoms in total. The highest BCUT2D eigenvalue weighted by Crippen LogP contribution is 2.37. The van der Waals surface area contributed by atoms with Gasteiger partial charge in [-0.05, 0) is 65.4 Å². The van der Waals surface area contributed by atoms with Crippen LogP contribution in [0.4, 0.5) is 4.79 Å². The average Bonchev–Trinajstić information content (AvgIpc) is 2.62. The summed E-state index contributed by atoms with van der Waals surface area (Å²) in [6, 6.07) is 1.67. The molecule has 0 fully saturated rings. The molecule has 0 bridgehead atoms. The van der Waals surface area contributed by atoms with E-state index in [1.54, 1.807) is 26.8 Å². The molecule has 2 rings (SSSR count). The van der Waals surface area contributed by atoms with Gasteiger partial charge in [-0.2, -0.15) is 0 Å². The van der Waals surface area contributed by atoms with E-state index in [-0.39, 0.29) is 12.5 Å². The van der Waals surface area contributed by atoms with Crippen LogP contribution in [0.1, 0.15) is 36.7 Å². The zero-order valence-corrected chi connectivity index (χ0v) is 15.6. The van der Waals surface area contributed by atoms with E-state index in [2.05, 4.69) is 38.5 Å². The third-order valence-electron chi connectivity index (χ3n) is 2.66. The van der Waals surface area contributed by atoms with Gasteiger partial charge in [0.25, 0.3) is 5.91 Å². The van der Waals surface area contributed by atoms with Crippen LogP contribution < -0.4 is 0 Å². The summed E-state index contributed by atoms with van der Waals surface area (Å²) in [5.74, 6) is -0.365. The third-order valence-corrected chi connectivity index (χ3v) is 5.13. The van der Waals surface area contributed by atoms with Gasteiger partial charge in [0, 0.05) is 13.6 Å². The first-order chi connectivity index (χ1) is 9.11. The van der Waals surface area contributed by atoms with E-state index in [1.807, 2.05) is 0 Å². The number of benzene rings is 1. The summed E-state index contributed by atoms with van der Waals surface area (Å²) < 4.78 is 6.62. The van der Waals surface area contributed by atoms with Gasteiger partial charge in [0.15, 0.2) is 0 Å². The smallest absolute Gasteiger partial charge is 0.417 e. The summed E-state index contributed by atoms with van der Waals surface area (Å²) in [6.07, 6.45) is -0.641. The van der Waals surface area contributed by atoms with E-state index in [0.717, 1.165) is 14.0 Å². The molecule has 0 saturated heterocycles. The van der Waals surface area contributed by atoms with Gasteiger partial charge in [-0.1, -0.05) is 11.6 Å². The van der Waals surface area contributed by atoms with E-state index < -0.39 is 11.7 Å². The molecule has 0 aromatic heterocycles. The van der Waals surface area contributed by atoms with Crippen molar-refractivity contribution in [1.29, 1.82) is 0 Å². The van der Waals surface area contributed by atoms with Gasteiger partial charge in [0.05, 0.1) is 17.1 Å². The van der Waals surface area contributed by atoms with Crippen molar-refractivity contribution in [2.45, 2.75) is 32.9 Å². The lowest BCUT2D eigenvalue weighted by Crippen LogP contribution is -2.36. The van der Waals surface area contributed by atoms with Crippen LogP contribution in [0.15, 0.2) is 10.5 Å². The van der Waals surface area contributed by atoms with Crippen LogP contribution in [0.3, 0.4) is 0 Å². The summed E-state index contributed by atoms with van der Waals surface area (Å²) in [7, 11) is 0. The Labute approximate surface area is 144 Å². The second kappa shape index (κ2) is 5.46. The Morgan fingerprint density at radius 2 is 2.10 bits per heavy atom. The Kier molecular flexibility index (Phi) is 4.37. The van der Waals surface area contributed by atoms with Gasteiger partial charge in [-0.3, -0.25) is 4.79 Å².